The first-order valence-corrected chi connectivity index (χ1v) is 15.3. The zero-order valence-corrected chi connectivity index (χ0v) is 25.3. The van der Waals surface area contributed by atoms with Gasteiger partial charge < -0.3 is 48.3 Å². The van der Waals surface area contributed by atoms with Crippen LogP contribution in [0, 0.1) is 0 Å². The summed E-state index contributed by atoms with van der Waals surface area (Å²) in [5, 5.41) is 28.3. The Morgan fingerprint density at radius 3 is 2.00 bits per heavy atom. The molecule has 3 aromatic rings. The smallest absolute Gasteiger partial charge is 0.326 e. The molecule has 12 N–H and O–H groups in total. The van der Waals surface area contributed by atoms with Gasteiger partial charge in [0.05, 0.1) is 6.04 Å². The summed E-state index contributed by atoms with van der Waals surface area (Å²) in [6, 6.07) is 9.23. The van der Waals surface area contributed by atoms with E-state index in [1.807, 2.05) is 24.3 Å². The van der Waals surface area contributed by atoms with Gasteiger partial charge in [0.25, 0.3) is 0 Å². The number of rotatable bonds is 19. The third kappa shape index (κ3) is 10.9. The topological polar surface area (TPSA) is 239 Å². The van der Waals surface area contributed by atoms with Crippen LogP contribution in [0.4, 0.5) is 0 Å². The molecular weight excluding hydrogens is 578 g/mol. The van der Waals surface area contributed by atoms with Gasteiger partial charge in [-0.25, -0.2) is 4.79 Å². The van der Waals surface area contributed by atoms with Gasteiger partial charge in [-0.15, -0.1) is 0 Å². The molecule has 2 aromatic carbocycles. The van der Waals surface area contributed by atoms with E-state index in [0.717, 1.165) is 16.5 Å². The minimum absolute atomic E-state index is 0.0307. The minimum Gasteiger partial charge on any atom is -0.508 e. The second-order valence-corrected chi connectivity index (χ2v) is 11.1. The number of aromatic nitrogens is 1. The van der Waals surface area contributed by atoms with Crippen LogP contribution < -0.4 is 33.2 Å². The summed E-state index contributed by atoms with van der Waals surface area (Å²) in [4.78, 5) is 55.5. The number of nitrogens with one attached hydrogen (secondary N) is 4. The first-order chi connectivity index (χ1) is 21.6. The fourth-order valence-corrected chi connectivity index (χ4v) is 5.02. The van der Waals surface area contributed by atoms with Gasteiger partial charge in [-0.3, -0.25) is 14.4 Å². The Labute approximate surface area is 262 Å². The van der Waals surface area contributed by atoms with Crippen LogP contribution in [-0.4, -0.2) is 76.1 Å². The molecule has 3 rings (SSSR count). The molecule has 4 unspecified atom stereocenters. The second-order valence-electron chi connectivity index (χ2n) is 11.1. The number of fused-ring (bicyclic) bond motifs is 1. The highest BCUT2D eigenvalue weighted by Gasteiger charge is 2.31. The van der Waals surface area contributed by atoms with E-state index in [2.05, 4.69) is 20.9 Å². The van der Waals surface area contributed by atoms with E-state index in [9.17, 15) is 29.4 Å². The number of carbonyl (C=O) groups is 4. The molecule has 244 valence electrons. The number of carboxylic acid groups (broad SMARTS) is 1. The lowest BCUT2D eigenvalue weighted by Gasteiger charge is -2.25. The number of phenols is 1. The quantitative estimate of drug-likeness (QED) is 0.0856. The molecule has 13 nitrogen and oxygen atoms in total. The SMILES string of the molecule is NCCCCC(N)C(=O)NC(Cc1c[nH]c2ccccc12)C(=O)NC(CCCCN)C(=O)NC(Cc1ccc(O)cc1)C(=O)O. The first kappa shape index (κ1) is 35.0. The summed E-state index contributed by atoms with van der Waals surface area (Å²) in [5.41, 5.74) is 19.6. The van der Waals surface area contributed by atoms with Crippen molar-refractivity contribution in [2.45, 2.75) is 75.5 Å². The van der Waals surface area contributed by atoms with Crippen LogP contribution >= 0.6 is 0 Å². The molecule has 1 heterocycles. The number of carboxylic acids is 1. The van der Waals surface area contributed by atoms with Gasteiger partial charge in [0.15, 0.2) is 0 Å². The van der Waals surface area contributed by atoms with Gasteiger partial charge in [-0.2, -0.15) is 0 Å². The van der Waals surface area contributed by atoms with Crippen molar-refractivity contribution in [2.24, 2.45) is 17.2 Å². The molecule has 0 aliphatic heterocycles. The summed E-state index contributed by atoms with van der Waals surface area (Å²) in [5.74, 6) is -3.01. The highest BCUT2D eigenvalue weighted by atomic mass is 16.4. The van der Waals surface area contributed by atoms with Crippen molar-refractivity contribution in [1.82, 2.24) is 20.9 Å². The lowest BCUT2D eigenvalue weighted by Crippen LogP contribution is -2.57. The minimum atomic E-state index is -1.29. The third-order valence-corrected chi connectivity index (χ3v) is 7.61. The fourth-order valence-electron chi connectivity index (χ4n) is 5.02. The van der Waals surface area contributed by atoms with Gasteiger partial charge in [-0.1, -0.05) is 36.8 Å². The van der Waals surface area contributed by atoms with Crippen LogP contribution in [0.5, 0.6) is 5.75 Å². The van der Waals surface area contributed by atoms with Gasteiger partial charge in [0.2, 0.25) is 17.7 Å². The molecule has 0 saturated heterocycles. The van der Waals surface area contributed by atoms with E-state index < -0.39 is 47.9 Å². The molecule has 3 amide bonds. The number of unbranched alkanes of at least 4 members (excludes halogenated alkanes) is 2. The lowest BCUT2D eigenvalue weighted by molar-refractivity contribution is -0.142. The zero-order valence-electron chi connectivity index (χ0n) is 25.3. The van der Waals surface area contributed by atoms with E-state index in [1.54, 1.807) is 18.3 Å². The standard InChI is InChI=1S/C32H45N7O6/c33-15-5-3-8-24(35)29(41)38-27(18-21-19-36-25-9-2-1-7-23(21)25)31(43)37-26(10-4-6-16-34)30(42)39-28(32(44)45)17-20-11-13-22(40)14-12-20/h1-2,7,9,11-14,19,24,26-28,36,40H,3-6,8,10,15-18,33-35H2,(H,37,43)(H,38,41)(H,39,42)(H,44,45). The maximum absolute atomic E-state index is 13.8. The number of amides is 3. The Morgan fingerprint density at radius 2 is 1.33 bits per heavy atom. The summed E-state index contributed by atoms with van der Waals surface area (Å²) >= 11 is 0. The number of hydrogen-bond donors (Lipinski definition) is 9. The predicted molar refractivity (Wildman–Crippen MR) is 171 cm³/mol. The average Bonchev–Trinajstić information content (AvgIpc) is 3.43. The number of phenolic OH excluding ortho intramolecular Hbond substituents is 1. The largest absolute Gasteiger partial charge is 0.508 e. The Hall–Kier alpha value is -4.46. The molecule has 13 heteroatoms. The van der Waals surface area contributed by atoms with Crippen molar-refractivity contribution in [3.63, 3.8) is 0 Å². The monoisotopic (exact) mass is 623 g/mol. The molecule has 0 aliphatic rings. The highest BCUT2D eigenvalue weighted by Crippen LogP contribution is 2.20. The zero-order chi connectivity index (χ0) is 32.8. The van der Waals surface area contributed by atoms with E-state index in [0.29, 0.717) is 50.8 Å². The molecule has 0 fully saturated rings. The highest BCUT2D eigenvalue weighted by molar-refractivity contribution is 5.95. The molecule has 0 aliphatic carbocycles. The van der Waals surface area contributed by atoms with Crippen molar-refractivity contribution >= 4 is 34.6 Å². The summed E-state index contributed by atoms with van der Waals surface area (Å²) < 4.78 is 0. The number of H-pyrrole nitrogens is 1. The van der Waals surface area contributed by atoms with Gasteiger partial charge in [-0.05, 0) is 74.5 Å². The molecule has 0 bridgehead atoms. The van der Waals surface area contributed by atoms with Crippen molar-refractivity contribution in [2.75, 3.05) is 13.1 Å². The molecule has 1 aromatic heterocycles. The average molecular weight is 624 g/mol. The van der Waals surface area contributed by atoms with Gasteiger partial charge in [0.1, 0.15) is 23.9 Å². The molecule has 0 saturated carbocycles. The van der Waals surface area contributed by atoms with Crippen LogP contribution in [0.3, 0.4) is 0 Å². The van der Waals surface area contributed by atoms with Crippen LogP contribution in [0.15, 0.2) is 54.7 Å². The third-order valence-electron chi connectivity index (χ3n) is 7.61. The molecule has 0 radical (unpaired) electrons. The van der Waals surface area contributed by atoms with E-state index >= 15 is 0 Å². The number of aromatic hydroxyl groups is 1. The maximum atomic E-state index is 13.8. The van der Waals surface area contributed by atoms with Crippen molar-refractivity contribution in [3.8, 4) is 5.75 Å². The van der Waals surface area contributed by atoms with Crippen molar-refractivity contribution in [3.05, 3.63) is 65.9 Å². The Bertz CT molecular complexity index is 1410. The predicted octanol–water partition coefficient (Wildman–Crippen LogP) is 0.783. The number of hydrogen-bond acceptors (Lipinski definition) is 8. The molecule has 4 atom stereocenters. The number of nitrogens with two attached hydrogens (primary N) is 3. The van der Waals surface area contributed by atoms with Crippen molar-refractivity contribution < 1.29 is 29.4 Å². The van der Waals surface area contributed by atoms with Crippen LogP contribution in [0.25, 0.3) is 10.9 Å². The molecule has 45 heavy (non-hydrogen) atoms. The number of para-hydroxylation sites is 1. The second kappa shape index (κ2) is 17.7. The van der Waals surface area contributed by atoms with Gasteiger partial charge in [0, 0.05) is 29.9 Å². The maximum Gasteiger partial charge on any atom is 0.326 e. The molecule has 0 spiro atoms. The van der Waals surface area contributed by atoms with E-state index in [-0.39, 0.29) is 25.0 Å². The summed E-state index contributed by atoms with van der Waals surface area (Å²) in [6.45, 7) is 0.855. The van der Waals surface area contributed by atoms with Crippen LogP contribution in [-0.2, 0) is 32.0 Å². The summed E-state index contributed by atoms with van der Waals surface area (Å²) in [7, 11) is 0. The Kier molecular flexibility index (Phi) is 13.8. The van der Waals surface area contributed by atoms with E-state index in [1.165, 1.54) is 12.1 Å². The van der Waals surface area contributed by atoms with Gasteiger partial charge >= 0.3 is 5.97 Å². The first-order valence-electron chi connectivity index (χ1n) is 15.3. The van der Waals surface area contributed by atoms with Crippen LogP contribution in [0.1, 0.15) is 49.7 Å². The fraction of sp³-hybridized carbons (Fsp3) is 0.438. The number of benzene rings is 2. The Balaban J connectivity index is 1.81. The number of aliphatic carboxylic acids is 1. The number of carbonyl (C=O) groups excluding carboxylic acids is 3. The lowest BCUT2D eigenvalue weighted by atomic mass is 10.0. The summed E-state index contributed by atoms with van der Waals surface area (Å²) in [6.07, 6.45) is 4.90. The number of aromatic amines is 1. The van der Waals surface area contributed by atoms with Crippen LogP contribution in [0.2, 0.25) is 0 Å². The van der Waals surface area contributed by atoms with E-state index in [4.69, 9.17) is 17.2 Å². The normalized spacial score (nSPS) is 13.8. The van der Waals surface area contributed by atoms with Crippen molar-refractivity contribution in [1.29, 1.82) is 0 Å². The Morgan fingerprint density at radius 1 is 0.733 bits per heavy atom. The molecular formula is C32H45N7O6.